The Hall–Kier alpha value is -2.41. The smallest absolute Gasteiger partial charge is 0.262 e. The Morgan fingerprint density at radius 2 is 2.00 bits per heavy atom. The summed E-state index contributed by atoms with van der Waals surface area (Å²) in [7, 11) is -3.93. The van der Waals surface area contributed by atoms with Crippen LogP contribution in [0.5, 0.6) is 0 Å². The third-order valence-electron chi connectivity index (χ3n) is 4.50. The molecule has 0 bridgehead atoms. The Bertz CT molecular complexity index is 957. The van der Waals surface area contributed by atoms with E-state index in [4.69, 9.17) is 0 Å². The summed E-state index contributed by atoms with van der Waals surface area (Å²) >= 11 is 0. The van der Waals surface area contributed by atoms with E-state index in [9.17, 15) is 17.6 Å². The number of hydrogen-bond acceptors (Lipinski definition) is 3. The summed E-state index contributed by atoms with van der Waals surface area (Å²) in [6, 6.07) is 8.84. The number of aryl methyl sites for hydroxylation is 2. The molecule has 0 aromatic heterocycles. The van der Waals surface area contributed by atoms with Crippen molar-refractivity contribution in [3.05, 3.63) is 53.3 Å². The zero-order chi connectivity index (χ0) is 18.9. The second-order valence-electron chi connectivity index (χ2n) is 6.36. The lowest BCUT2D eigenvalue weighted by Crippen LogP contribution is -2.35. The molecule has 26 heavy (non-hydrogen) atoms. The van der Waals surface area contributed by atoms with Gasteiger partial charge in [-0.15, -0.1) is 0 Å². The van der Waals surface area contributed by atoms with Crippen molar-refractivity contribution in [3.8, 4) is 0 Å². The number of fused-ring (bicyclic) bond motifs is 1. The van der Waals surface area contributed by atoms with Crippen LogP contribution in [0.25, 0.3) is 0 Å². The normalized spacial score (nSPS) is 14.0. The standard InChI is InChI=1S/C19H21FN2O3S/c1-3-19(23)22-10-4-5-14-7-9-16(12-17(14)22)21-26(24,25)18-11-15(20)8-6-13(18)2/h6-9,11-12,21H,3-5,10H2,1-2H3. The predicted octanol–water partition coefficient (Wildman–Crippen LogP) is 3.62. The van der Waals surface area contributed by atoms with Crippen LogP contribution in [0.3, 0.4) is 0 Å². The van der Waals surface area contributed by atoms with Gasteiger partial charge in [0, 0.05) is 18.7 Å². The predicted molar refractivity (Wildman–Crippen MR) is 99.4 cm³/mol. The molecular weight excluding hydrogens is 355 g/mol. The lowest BCUT2D eigenvalue weighted by atomic mass is 10.0. The van der Waals surface area contributed by atoms with Gasteiger partial charge in [0.05, 0.1) is 10.6 Å². The van der Waals surface area contributed by atoms with E-state index in [1.54, 1.807) is 30.9 Å². The Morgan fingerprint density at radius 1 is 1.23 bits per heavy atom. The molecule has 1 N–H and O–H groups in total. The van der Waals surface area contributed by atoms with Crippen LogP contribution in [-0.2, 0) is 21.2 Å². The Labute approximate surface area is 152 Å². The first-order valence-corrected chi connectivity index (χ1v) is 10.0. The summed E-state index contributed by atoms with van der Waals surface area (Å²) in [5.41, 5.74) is 2.56. The average molecular weight is 376 g/mol. The molecule has 7 heteroatoms. The van der Waals surface area contributed by atoms with Gasteiger partial charge in [-0.05, 0) is 55.2 Å². The van der Waals surface area contributed by atoms with Crippen molar-refractivity contribution in [3.63, 3.8) is 0 Å². The number of benzene rings is 2. The number of sulfonamides is 1. The number of rotatable bonds is 4. The molecule has 2 aromatic carbocycles. The summed E-state index contributed by atoms with van der Waals surface area (Å²) in [5, 5.41) is 0. The van der Waals surface area contributed by atoms with Crippen LogP contribution in [-0.4, -0.2) is 20.9 Å². The van der Waals surface area contributed by atoms with Crippen LogP contribution in [0.4, 0.5) is 15.8 Å². The SMILES string of the molecule is CCC(=O)N1CCCc2ccc(NS(=O)(=O)c3cc(F)ccc3C)cc21. The third kappa shape index (κ3) is 3.58. The zero-order valence-corrected chi connectivity index (χ0v) is 15.6. The van der Waals surface area contributed by atoms with Gasteiger partial charge in [-0.25, -0.2) is 12.8 Å². The first-order valence-electron chi connectivity index (χ1n) is 8.54. The van der Waals surface area contributed by atoms with Gasteiger partial charge >= 0.3 is 0 Å². The molecule has 0 atom stereocenters. The van der Waals surface area contributed by atoms with E-state index in [-0.39, 0.29) is 10.8 Å². The summed E-state index contributed by atoms with van der Waals surface area (Å²) in [6.45, 7) is 4.04. The van der Waals surface area contributed by atoms with Crippen LogP contribution in [0.1, 0.15) is 30.9 Å². The van der Waals surface area contributed by atoms with Gasteiger partial charge in [0.25, 0.3) is 10.0 Å². The fraction of sp³-hybridized carbons (Fsp3) is 0.316. The summed E-state index contributed by atoms with van der Waals surface area (Å²) < 4.78 is 41.3. The fourth-order valence-corrected chi connectivity index (χ4v) is 4.47. The number of halogens is 1. The highest BCUT2D eigenvalue weighted by molar-refractivity contribution is 7.92. The van der Waals surface area contributed by atoms with Gasteiger partial charge in [0.15, 0.2) is 0 Å². The Morgan fingerprint density at radius 3 is 2.73 bits per heavy atom. The van der Waals surface area contributed by atoms with Crippen LogP contribution in [0, 0.1) is 12.7 Å². The lowest BCUT2D eigenvalue weighted by Gasteiger charge is -2.30. The number of anilines is 2. The highest BCUT2D eigenvalue weighted by Gasteiger charge is 2.23. The average Bonchev–Trinajstić information content (AvgIpc) is 2.62. The number of nitrogens with one attached hydrogen (secondary N) is 1. The monoisotopic (exact) mass is 376 g/mol. The third-order valence-corrected chi connectivity index (χ3v) is 6.02. The van der Waals surface area contributed by atoms with Crippen LogP contribution < -0.4 is 9.62 Å². The quantitative estimate of drug-likeness (QED) is 0.886. The number of hydrogen-bond donors (Lipinski definition) is 1. The maximum absolute atomic E-state index is 13.5. The largest absolute Gasteiger partial charge is 0.312 e. The maximum Gasteiger partial charge on any atom is 0.262 e. The summed E-state index contributed by atoms with van der Waals surface area (Å²) in [5.74, 6) is -0.604. The number of nitrogens with zero attached hydrogens (tertiary/aromatic N) is 1. The molecule has 0 radical (unpaired) electrons. The highest BCUT2D eigenvalue weighted by atomic mass is 32.2. The van der Waals surface area contributed by atoms with E-state index < -0.39 is 15.8 Å². The van der Waals surface area contributed by atoms with E-state index in [1.165, 1.54) is 12.1 Å². The molecule has 0 saturated carbocycles. The molecule has 0 fully saturated rings. The molecule has 1 aliphatic rings. The van der Waals surface area contributed by atoms with Gasteiger partial charge in [-0.2, -0.15) is 0 Å². The first-order chi connectivity index (χ1) is 12.3. The minimum atomic E-state index is -3.93. The molecule has 1 heterocycles. The van der Waals surface area contributed by atoms with Crippen molar-refractivity contribution in [2.45, 2.75) is 38.0 Å². The molecule has 0 saturated heterocycles. The van der Waals surface area contributed by atoms with E-state index in [0.29, 0.717) is 24.2 Å². The molecule has 0 aliphatic carbocycles. The van der Waals surface area contributed by atoms with Crippen molar-refractivity contribution in [1.82, 2.24) is 0 Å². The molecule has 5 nitrogen and oxygen atoms in total. The maximum atomic E-state index is 13.5. The zero-order valence-electron chi connectivity index (χ0n) is 14.8. The molecule has 0 unspecified atom stereocenters. The summed E-state index contributed by atoms with van der Waals surface area (Å²) in [6.07, 6.45) is 2.11. The second-order valence-corrected chi connectivity index (χ2v) is 8.01. The fourth-order valence-electron chi connectivity index (χ4n) is 3.16. The van der Waals surface area contributed by atoms with Crippen molar-refractivity contribution in [1.29, 1.82) is 0 Å². The van der Waals surface area contributed by atoms with Crippen molar-refractivity contribution >= 4 is 27.3 Å². The van der Waals surface area contributed by atoms with Gasteiger partial charge < -0.3 is 4.90 Å². The molecule has 138 valence electrons. The molecule has 2 aromatic rings. The van der Waals surface area contributed by atoms with Gasteiger partial charge in [-0.1, -0.05) is 19.1 Å². The highest BCUT2D eigenvalue weighted by Crippen LogP contribution is 2.31. The first kappa shape index (κ1) is 18.4. The van der Waals surface area contributed by atoms with Crippen LogP contribution in [0.15, 0.2) is 41.3 Å². The van der Waals surface area contributed by atoms with Crippen LogP contribution in [0.2, 0.25) is 0 Å². The number of amides is 1. The molecule has 1 amide bonds. The van der Waals surface area contributed by atoms with Crippen molar-refractivity contribution in [2.75, 3.05) is 16.2 Å². The minimum absolute atomic E-state index is 0.00642. The van der Waals surface area contributed by atoms with Gasteiger partial charge in [0.1, 0.15) is 5.82 Å². The minimum Gasteiger partial charge on any atom is -0.312 e. The molecule has 1 aliphatic heterocycles. The second kappa shape index (κ2) is 7.07. The van der Waals surface area contributed by atoms with E-state index in [2.05, 4.69) is 4.72 Å². The molecule has 0 spiro atoms. The van der Waals surface area contributed by atoms with E-state index in [1.807, 2.05) is 6.07 Å². The molecule has 3 rings (SSSR count). The van der Waals surface area contributed by atoms with E-state index in [0.717, 1.165) is 30.2 Å². The van der Waals surface area contributed by atoms with Gasteiger partial charge in [-0.3, -0.25) is 9.52 Å². The number of carbonyl (C=O) groups excluding carboxylic acids is 1. The van der Waals surface area contributed by atoms with E-state index >= 15 is 0 Å². The topological polar surface area (TPSA) is 66.5 Å². The number of carbonyl (C=O) groups is 1. The Balaban J connectivity index is 1.96. The lowest BCUT2D eigenvalue weighted by molar-refractivity contribution is -0.118. The van der Waals surface area contributed by atoms with Crippen molar-refractivity contribution < 1.29 is 17.6 Å². The van der Waals surface area contributed by atoms with Gasteiger partial charge in [0.2, 0.25) is 5.91 Å². The molecular formula is C19H21FN2O3S. The van der Waals surface area contributed by atoms with Crippen molar-refractivity contribution in [2.24, 2.45) is 0 Å². The summed E-state index contributed by atoms with van der Waals surface area (Å²) in [4.78, 5) is 13.8. The Kier molecular flexibility index (Phi) is 5.00. The van der Waals surface area contributed by atoms with Crippen LogP contribution >= 0.6 is 0 Å².